The standard InChI is InChI=1S/C18H24N2O/c1-13-6-8-15(3)20(12-13)18(21)17-9-7-14(2)16(11-17)5-4-10-19/h7,9,11,13,15H,6,8,10,12,19H2,1-3H3. The SMILES string of the molecule is Cc1ccc(C(=O)N2CC(C)CCC2C)cc1C#CCN. The van der Waals surface area contributed by atoms with Gasteiger partial charge in [0.15, 0.2) is 0 Å². The topological polar surface area (TPSA) is 46.3 Å². The highest BCUT2D eigenvalue weighted by atomic mass is 16.2. The molecule has 0 aromatic heterocycles. The third-order valence-corrected chi connectivity index (χ3v) is 4.19. The molecule has 2 atom stereocenters. The molecule has 1 saturated heterocycles. The first-order valence-electron chi connectivity index (χ1n) is 7.63. The van der Waals surface area contributed by atoms with Gasteiger partial charge in [-0.05, 0) is 50.3 Å². The van der Waals surface area contributed by atoms with Crippen LogP contribution in [0.2, 0.25) is 0 Å². The lowest BCUT2D eigenvalue weighted by molar-refractivity contribution is 0.0574. The molecule has 1 aromatic carbocycles. The van der Waals surface area contributed by atoms with Gasteiger partial charge in [0.1, 0.15) is 0 Å². The van der Waals surface area contributed by atoms with E-state index >= 15 is 0 Å². The van der Waals surface area contributed by atoms with Crippen LogP contribution >= 0.6 is 0 Å². The van der Waals surface area contributed by atoms with Crippen molar-refractivity contribution in [2.75, 3.05) is 13.1 Å². The smallest absolute Gasteiger partial charge is 0.254 e. The highest BCUT2D eigenvalue weighted by molar-refractivity contribution is 5.95. The van der Waals surface area contributed by atoms with Gasteiger partial charge >= 0.3 is 0 Å². The molecule has 3 heteroatoms. The van der Waals surface area contributed by atoms with Crippen LogP contribution in [0.15, 0.2) is 18.2 Å². The molecule has 0 saturated carbocycles. The van der Waals surface area contributed by atoms with E-state index in [0.717, 1.165) is 29.7 Å². The first-order chi connectivity index (χ1) is 10.0. The summed E-state index contributed by atoms with van der Waals surface area (Å²) in [6, 6.07) is 6.07. The largest absolute Gasteiger partial charge is 0.336 e. The Morgan fingerprint density at radius 1 is 1.38 bits per heavy atom. The molecule has 1 amide bonds. The fourth-order valence-corrected chi connectivity index (χ4v) is 2.77. The molecule has 1 aliphatic heterocycles. The van der Waals surface area contributed by atoms with Crippen molar-refractivity contribution >= 4 is 5.91 Å². The molecular formula is C18H24N2O. The van der Waals surface area contributed by atoms with E-state index in [4.69, 9.17) is 5.73 Å². The van der Waals surface area contributed by atoms with Crippen LogP contribution in [0, 0.1) is 24.7 Å². The van der Waals surface area contributed by atoms with Crippen LogP contribution in [0.25, 0.3) is 0 Å². The predicted molar refractivity (Wildman–Crippen MR) is 86.0 cm³/mol. The summed E-state index contributed by atoms with van der Waals surface area (Å²) in [5, 5.41) is 0. The Bertz CT molecular complexity index is 583. The van der Waals surface area contributed by atoms with Gasteiger partial charge in [-0.3, -0.25) is 4.79 Å². The zero-order valence-electron chi connectivity index (χ0n) is 13.1. The maximum atomic E-state index is 12.7. The van der Waals surface area contributed by atoms with Crippen LogP contribution in [0.5, 0.6) is 0 Å². The van der Waals surface area contributed by atoms with Crippen LogP contribution in [-0.2, 0) is 0 Å². The Balaban J connectivity index is 2.26. The first-order valence-corrected chi connectivity index (χ1v) is 7.63. The average molecular weight is 284 g/mol. The van der Waals surface area contributed by atoms with Gasteiger partial charge < -0.3 is 10.6 Å². The second kappa shape index (κ2) is 6.78. The zero-order chi connectivity index (χ0) is 15.4. The maximum absolute atomic E-state index is 12.7. The van der Waals surface area contributed by atoms with Crippen LogP contribution in [0.1, 0.15) is 48.2 Å². The van der Waals surface area contributed by atoms with Crippen molar-refractivity contribution < 1.29 is 4.79 Å². The van der Waals surface area contributed by atoms with Crippen molar-refractivity contribution in [3.8, 4) is 11.8 Å². The number of amides is 1. The summed E-state index contributed by atoms with van der Waals surface area (Å²) in [6.07, 6.45) is 2.28. The van der Waals surface area contributed by atoms with Crippen LogP contribution in [0.3, 0.4) is 0 Å². The highest BCUT2D eigenvalue weighted by Crippen LogP contribution is 2.23. The molecule has 2 N–H and O–H groups in total. The molecule has 0 radical (unpaired) electrons. The third kappa shape index (κ3) is 3.65. The average Bonchev–Trinajstić information content (AvgIpc) is 2.48. The monoisotopic (exact) mass is 284 g/mol. The first kappa shape index (κ1) is 15.6. The molecular weight excluding hydrogens is 260 g/mol. The highest BCUT2D eigenvalue weighted by Gasteiger charge is 2.27. The quantitative estimate of drug-likeness (QED) is 0.806. The Hall–Kier alpha value is -1.79. The normalized spacial score (nSPS) is 21.6. The Morgan fingerprint density at radius 3 is 2.86 bits per heavy atom. The fourth-order valence-electron chi connectivity index (χ4n) is 2.77. The molecule has 1 aromatic rings. The molecule has 112 valence electrons. The minimum atomic E-state index is 0.116. The lowest BCUT2D eigenvalue weighted by atomic mass is 9.94. The summed E-state index contributed by atoms with van der Waals surface area (Å²) < 4.78 is 0. The van der Waals surface area contributed by atoms with Crippen LogP contribution < -0.4 is 5.73 Å². The van der Waals surface area contributed by atoms with E-state index in [1.54, 1.807) is 0 Å². The van der Waals surface area contributed by atoms with Crippen molar-refractivity contribution in [2.45, 2.75) is 39.7 Å². The predicted octanol–water partition coefficient (Wildman–Crippen LogP) is 2.57. The summed E-state index contributed by atoms with van der Waals surface area (Å²) in [5.74, 6) is 6.60. The van der Waals surface area contributed by atoms with Gasteiger partial charge in [-0.25, -0.2) is 0 Å². The van der Waals surface area contributed by atoms with Crippen LogP contribution in [0.4, 0.5) is 0 Å². The van der Waals surface area contributed by atoms with Gasteiger partial charge in [0.25, 0.3) is 5.91 Å². The summed E-state index contributed by atoms with van der Waals surface area (Å²) in [6.45, 7) is 7.52. The molecule has 3 nitrogen and oxygen atoms in total. The molecule has 0 aliphatic carbocycles. The van der Waals surface area contributed by atoms with E-state index in [1.807, 2.05) is 30.0 Å². The number of nitrogens with zero attached hydrogens (tertiary/aromatic N) is 1. The molecule has 0 spiro atoms. The molecule has 1 fully saturated rings. The number of benzene rings is 1. The summed E-state index contributed by atoms with van der Waals surface area (Å²) in [5.41, 5.74) is 8.12. The Labute approximate surface area is 127 Å². The van der Waals surface area contributed by atoms with Gasteiger partial charge in [0.05, 0.1) is 6.54 Å². The minimum absolute atomic E-state index is 0.116. The maximum Gasteiger partial charge on any atom is 0.254 e. The molecule has 1 aliphatic rings. The minimum Gasteiger partial charge on any atom is -0.336 e. The summed E-state index contributed by atoms with van der Waals surface area (Å²) >= 11 is 0. The van der Waals surface area contributed by atoms with Gasteiger partial charge in [-0.1, -0.05) is 24.8 Å². The van der Waals surface area contributed by atoms with E-state index in [1.165, 1.54) is 6.42 Å². The van der Waals surface area contributed by atoms with E-state index < -0.39 is 0 Å². The van der Waals surface area contributed by atoms with E-state index in [9.17, 15) is 4.79 Å². The number of carbonyl (C=O) groups is 1. The van der Waals surface area contributed by atoms with Crippen molar-refractivity contribution in [1.29, 1.82) is 0 Å². The molecule has 21 heavy (non-hydrogen) atoms. The van der Waals surface area contributed by atoms with Crippen LogP contribution in [-0.4, -0.2) is 29.9 Å². The number of nitrogens with two attached hydrogens (primary N) is 1. The van der Waals surface area contributed by atoms with Gasteiger partial charge in [-0.15, -0.1) is 0 Å². The lowest BCUT2D eigenvalue weighted by Gasteiger charge is -2.37. The number of hydrogen-bond acceptors (Lipinski definition) is 2. The second-order valence-electron chi connectivity index (χ2n) is 6.02. The molecule has 1 heterocycles. The Kier molecular flexibility index (Phi) is 5.03. The van der Waals surface area contributed by atoms with E-state index in [0.29, 0.717) is 18.5 Å². The Morgan fingerprint density at radius 2 is 2.14 bits per heavy atom. The zero-order valence-corrected chi connectivity index (χ0v) is 13.1. The number of aryl methyl sites for hydroxylation is 1. The van der Waals surface area contributed by atoms with Crippen molar-refractivity contribution in [3.05, 3.63) is 34.9 Å². The van der Waals surface area contributed by atoms with Crippen molar-refractivity contribution in [2.24, 2.45) is 11.7 Å². The number of rotatable bonds is 1. The summed E-state index contributed by atoms with van der Waals surface area (Å²) in [7, 11) is 0. The van der Waals surface area contributed by atoms with E-state index in [2.05, 4.69) is 25.7 Å². The molecule has 2 unspecified atom stereocenters. The molecule has 0 bridgehead atoms. The van der Waals surface area contributed by atoms with Gasteiger partial charge in [0, 0.05) is 23.7 Å². The number of hydrogen-bond donors (Lipinski definition) is 1. The number of carbonyl (C=O) groups excluding carboxylic acids is 1. The van der Waals surface area contributed by atoms with Gasteiger partial charge in [-0.2, -0.15) is 0 Å². The van der Waals surface area contributed by atoms with E-state index in [-0.39, 0.29) is 5.91 Å². The van der Waals surface area contributed by atoms with Crippen molar-refractivity contribution in [1.82, 2.24) is 4.90 Å². The number of likely N-dealkylation sites (tertiary alicyclic amines) is 1. The lowest BCUT2D eigenvalue weighted by Crippen LogP contribution is -2.44. The fraction of sp³-hybridized carbons (Fsp3) is 0.500. The molecule has 2 rings (SSSR count). The second-order valence-corrected chi connectivity index (χ2v) is 6.02. The van der Waals surface area contributed by atoms with Crippen molar-refractivity contribution in [3.63, 3.8) is 0 Å². The third-order valence-electron chi connectivity index (χ3n) is 4.19. The summed E-state index contributed by atoms with van der Waals surface area (Å²) in [4.78, 5) is 14.7. The van der Waals surface area contributed by atoms with Gasteiger partial charge in [0.2, 0.25) is 0 Å². The number of piperidine rings is 1.